The molecule has 0 radical (unpaired) electrons. The minimum Gasteiger partial charge on any atom is -0.338 e. The molecule has 0 aliphatic carbocycles. The van der Waals surface area contributed by atoms with E-state index in [4.69, 9.17) is 4.98 Å². The van der Waals surface area contributed by atoms with Gasteiger partial charge in [0.15, 0.2) is 0 Å². The number of hydrogen-bond donors (Lipinski definition) is 1. The van der Waals surface area contributed by atoms with Crippen LogP contribution in [0.5, 0.6) is 0 Å². The molecule has 1 amide bonds. The van der Waals surface area contributed by atoms with Gasteiger partial charge in [-0.15, -0.1) is 0 Å². The minimum absolute atomic E-state index is 0.0775. The number of rotatable bonds is 9. The highest BCUT2D eigenvalue weighted by Crippen LogP contribution is 2.21. The Balaban J connectivity index is 1.40. The van der Waals surface area contributed by atoms with E-state index in [2.05, 4.69) is 22.4 Å². The summed E-state index contributed by atoms with van der Waals surface area (Å²) >= 11 is 0. The summed E-state index contributed by atoms with van der Waals surface area (Å²) < 4.78 is 13.4. The van der Waals surface area contributed by atoms with Crippen LogP contribution in [0.2, 0.25) is 0 Å². The average Bonchev–Trinajstić information content (AvgIpc) is 2.88. The molecule has 3 aromatic rings. The quantitative estimate of drug-likeness (QED) is 0.498. The Morgan fingerprint density at radius 2 is 1.97 bits per heavy atom. The van der Waals surface area contributed by atoms with Gasteiger partial charge in [-0.05, 0) is 74.5 Å². The molecule has 1 aliphatic rings. The molecule has 5 nitrogen and oxygen atoms in total. The lowest BCUT2D eigenvalue weighted by molar-refractivity contribution is -0.136. The van der Waals surface area contributed by atoms with Gasteiger partial charge in [0.05, 0.1) is 11.6 Å². The number of piperidine rings is 1. The van der Waals surface area contributed by atoms with Crippen LogP contribution in [0.25, 0.3) is 11.3 Å². The normalized spacial score (nSPS) is 15.8. The van der Waals surface area contributed by atoms with Crippen LogP contribution in [0, 0.1) is 11.7 Å². The van der Waals surface area contributed by atoms with E-state index in [9.17, 15) is 9.18 Å². The molecule has 1 N–H and O–H groups in total. The number of aromatic nitrogens is 2. The first kappa shape index (κ1) is 24.0. The maximum Gasteiger partial charge on any atom is 0.227 e. The molecule has 1 aliphatic heterocycles. The van der Waals surface area contributed by atoms with Crippen LogP contribution in [0.4, 0.5) is 4.39 Å². The summed E-state index contributed by atoms with van der Waals surface area (Å²) in [6, 6.07) is 16.9. The molecule has 1 fully saturated rings. The molecule has 2 heterocycles. The van der Waals surface area contributed by atoms with E-state index < -0.39 is 0 Å². The summed E-state index contributed by atoms with van der Waals surface area (Å²) in [6.45, 7) is 5.12. The molecule has 0 bridgehead atoms. The Labute approximate surface area is 201 Å². The molecular weight excluding hydrogens is 427 g/mol. The van der Waals surface area contributed by atoms with Gasteiger partial charge in [-0.2, -0.15) is 0 Å². The highest BCUT2D eigenvalue weighted by Gasteiger charge is 2.25. The van der Waals surface area contributed by atoms with Gasteiger partial charge in [-0.25, -0.2) is 14.4 Å². The van der Waals surface area contributed by atoms with Crippen molar-refractivity contribution in [3.8, 4) is 11.3 Å². The molecule has 0 saturated carbocycles. The van der Waals surface area contributed by atoms with Gasteiger partial charge in [-0.3, -0.25) is 4.79 Å². The first-order valence-electron chi connectivity index (χ1n) is 12.3. The molecule has 178 valence electrons. The highest BCUT2D eigenvalue weighted by atomic mass is 19.1. The summed E-state index contributed by atoms with van der Waals surface area (Å²) in [5.41, 5.74) is 3.99. The smallest absolute Gasteiger partial charge is 0.227 e. The lowest BCUT2D eigenvalue weighted by Crippen LogP contribution is -2.42. The van der Waals surface area contributed by atoms with Crippen LogP contribution in [-0.2, 0) is 24.2 Å². The summed E-state index contributed by atoms with van der Waals surface area (Å²) in [5, 5.41) is 3.34. The van der Waals surface area contributed by atoms with Gasteiger partial charge >= 0.3 is 0 Å². The van der Waals surface area contributed by atoms with Crippen molar-refractivity contribution in [2.45, 2.75) is 45.6 Å². The van der Waals surface area contributed by atoms with E-state index in [0.29, 0.717) is 13.1 Å². The van der Waals surface area contributed by atoms with Crippen molar-refractivity contribution in [3.05, 3.63) is 83.6 Å². The zero-order valence-electron chi connectivity index (χ0n) is 19.8. The van der Waals surface area contributed by atoms with Gasteiger partial charge in [0.2, 0.25) is 5.91 Å². The minimum atomic E-state index is -0.200. The van der Waals surface area contributed by atoms with Crippen LogP contribution in [0.15, 0.2) is 60.8 Å². The van der Waals surface area contributed by atoms with Crippen LogP contribution in [0.3, 0.4) is 0 Å². The van der Waals surface area contributed by atoms with Gasteiger partial charge in [0.1, 0.15) is 11.6 Å². The predicted molar refractivity (Wildman–Crippen MR) is 133 cm³/mol. The fourth-order valence-corrected chi connectivity index (χ4v) is 4.54. The van der Waals surface area contributed by atoms with E-state index in [1.165, 1.54) is 6.07 Å². The fraction of sp³-hybridized carbons (Fsp3) is 0.393. The van der Waals surface area contributed by atoms with Crippen LogP contribution in [-0.4, -0.2) is 40.4 Å². The van der Waals surface area contributed by atoms with Crippen molar-refractivity contribution < 1.29 is 9.18 Å². The molecule has 34 heavy (non-hydrogen) atoms. The maximum absolute atomic E-state index is 13.4. The van der Waals surface area contributed by atoms with E-state index in [-0.39, 0.29) is 17.6 Å². The Hall–Kier alpha value is -3.12. The Morgan fingerprint density at radius 1 is 1.12 bits per heavy atom. The topological polar surface area (TPSA) is 58.1 Å². The third-order valence-electron chi connectivity index (χ3n) is 6.40. The molecule has 6 heteroatoms. The number of carbonyl (C=O) groups excluding carboxylic acids is 1. The summed E-state index contributed by atoms with van der Waals surface area (Å²) in [4.78, 5) is 24.1. The number of benzene rings is 2. The Kier molecular flexibility index (Phi) is 8.36. The summed E-state index contributed by atoms with van der Waals surface area (Å²) in [7, 11) is 0. The SMILES string of the molecule is CCN(Cc1cccc(-c2ccnc(CCCc3cccc(F)c3)n2)c1)C(=O)[C@H]1CCCNC1. The number of carbonyl (C=O) groups is 1. The molecular formula is C28H33FN4O. The number of aryl methyl sites for hydroxylation is 2. The van der Waals surface area contributed by atoms with E-state index in [0.717, 1.165) is 73.4 Å². The zero-order valence-corrected chi connectivity index (χ0v) is 19.8. The third kappa shape index (κ3) is 6.48. The lowest BCUT2D eigenvalue weighted by atomic mass is 9.97. The van der Waals surface area contributed by atoms with E-state index in [1.807, 2.05) is 36.1 Å². The van der Waals surface area contributed by atoms with Crippen LogP contribution < -0.4 is 5.32 Å². The summed E-state index contributed by atoms with van der Waals surface area (Å²) in [5.74, 6) is 0.903. The zero-order chi connectivity index (χ0) is 23.8. The number of hydrogen-bond acceptors (Lipinski definition) is 4. The van der Waals surface area contributed by atoms with Crippen molar-refractivity contribution in [3.63, 3.8) is 0 Å². The molecule has 4 rings (SSSR count). The number of halogens is 1. The van der Waals surface area contributed by atoms with Crippen LogP contribution >= 0.6 is 0 Å². The van der Waals surface area contributed by atoms with Gasteiger partial charge in [0, 0.05) is 37.8 Å². The van der Waals surface area contributed by atoms with Crippen molar-refractivity contribution in [2.24, 2.45) is 5.92 Å². The largest absolute Gasteiger partial charge is 0.338 e. The summed E-state index contributed by atoms with van der Waals surface area (Å²) in [6.07, 6.45) is 6.20. The molecule has 2 aromatic carbocycles. The Morgan fingerprint density at radius 3 is 2.76 bits per heavy atom. The molecule has 1 atom stereocenters. The highest BCUT2D eigenvalue weighted by molar-refractivity contribution is 5.79. The van der Waals surface area contributed by atoms with Gasteiger partial charge in [-0.1, -0.05) is 30.3 Å². The molecule has 1 aromatic heterocycles. The first-order chi connectivity index (χ1) is 16.6. The standard InChI is InChI=1S/C28H33FN4O/c1-2-33(28(34)24-11-6-15-30-19-24)20-22-9-3-10-23(17-22)26-14-16-31-27(32-26)13-5-8-21-7-4-12-25(29)18-21/h3-4,7,9-10,12,14,16-18,24,30H,2,5-6,8,11,13,15,19-20H2,1H3/t24-/m0/s1. The van der Waals surface area contributed by atoms with Crippen molar-refractivity contribution in [1.29, 1.82) is 0 Å². The van der Waals surface area contributed by atoms with E-state index in [1.54, 1.807) is 18.3 Å². The monoisotopic (exact) mass is 460 g/mol. The molecule has 1 saturated heterocycles. The molecule has 0 spiro atoms. The first-order valence-corrected chi connectivity index (χ1v) is 12.3. The second-order valence-electron chi connectivity index (χ2n) is 8.94. The van der Waals surface area contributed by atoms with Gasteiger partial charge in [0.25, 0.3) is 0 Å². The van der Waals surface area contributed by atoms with Crippen molar-refractivity contribution in [1.82, 2.24) is 20.2 Å². The molecule has 0 unspecified atom stereocenters. The maximum atomic E-state index is 13.4. The fourth-order valence-electron chi connectivity index (χ4n) is 4.54. The number of nitrogens with one attached hydrogen (secondary N) is 1. The lowest BCUT2D eigenvalue weighted by Gasteiger charge is -2.29. The van der Waals surface area contributed by atoms with Crippen molar-refractivity contribution >= 4 is 5.91 Å². The second kappa shape index (κ2) is 11.8. The van der Waals surface area contributed by atoms with E-state index >= 15 is 0 Å². The second-order valence-corrected chi connectivity index (χ2v) is 8.94. The third-order valence-corrected chi connectivity index (χ3v) is 6.40. The average molecular weight is 461 g/mol. The van der Waals surface area contributed by atoms with Crippen molar-refractivity contribution in [2.75, 3.05) is 19.6 Å². The predicted octanol–water partition coefficient (Wildman–Crippen LogP) is 4.81. The Bertz CT molecular complexity index is 1100. The number of nitrogens with zero attached hydrogens (tertiary/aromatic N) is 3. The van der Waals surface area contributed by atoms with Crippen LogP contribution in [0.1, 0.15) is 43.1 Å². The van der Waals surface area contributed by atoms with Gasteiger partial charge < -0.3 is 10.2 Å². The number of amides is 1.